The van der Waals surface area contributed by atoms with Gasteiger partial charge in [0.1, 0.15) is 0 Å². The number of hydrogen-bond donors (Lipinski definition) is 2. The van der Waals surface area contributed by atoms with Gasteiger partial charge < -0.3 is 14.9 Å². The first-order valence-corrected chi connectivity index (χ1v) is 11.3. The van der Waals surface area contributed by atoms with Crippen molar-refractivity contribution in [2.24, 2.45) is 29.6 Å². The molecule has 3 aliphatic carbocycles. The van der Waals surface area contributed by atoms with E-state index in [0.29, 0.717) is 30.1 Å². The fourth-order valence-corrected chi connectivity index (χ4v) is 5.63. The van der Waals surface area contributed by atoms with Crippen molar-refractivity contribution in [1.82, 2.24) is 0 Å². The third-order valence-corrected chi connectivity index (χ3v) is 7.44. The van der Waals surface area contributed by atoms with Crippen molar-refractivity contribution in [2.45, 2.75) is 83.3 Å². The zero-order valence-electron chi connectivity index (χ0n) is 17.6. The van der Waals surface area contributed by atoms with Crippen molar-refractivity contribution in [2.75, 3.05) is 7.11 Å². The molecule has 0 radical (unpaired) electrons. The predicted octanol–water partition coefficient (Wildman–Crippen LogP) is 4.41. The summed E-state index contributed by atoms with van der Waals surface area (Å²) in [5, 5.41) is 21.1. The van der Waals surface area contributed by atoms with Crippen LogP contribution >= 0.6 is 0 Å². The number of carbonyl (C=O) groups is 1. The van der Waals surface area contributed by atoms with E-state index in [1.54, 1.807) is 0 Å². The van der Waals surface area contributed by atoms with Gasteiger partial charge in [-0.3, -0.25) is 4.79 Å². The first-order valence-electron chi connectivity index (χ1n) is 11.3. The molecule has 0 aromatic carbocycles. The Bertz CT molecular complexity index is 575. The molecule has 2 N–H and O–H groups in total. The van der Waals surface area contributed by atoms with Crippen LogP contribution in [0.5, 0.6) is 0 Å². The number of ether oxygens (including phenoxy) is 1. The third kappa shape index (κ3) is 5.27. The van der Waals surface area contributed by atoms with Crippen LogP contribution in [-0.4, -0.2) is 35.5 Å². The third-order valence-electron chi connectivity index (χ3n) is 7.44. The van der Waals surface area contributed by atoms with E-state index in [1.807, 2.05) is 6.08 Å². The van der Waals surface area contributed by atoms with Crippen molar-refractivity contribution in [1.29, 1.82) is 0 Å². The smallest absolute Gasteiger partial charge is 0.305 e. The van der Waals surface area contributed by atoms with E-state index in [1.165, 1.54) is 31.9 Å². The second-order valence-electron chi connectivity index (χ2n) is 9.30. The summed E-state index contributed by atoms with van der Waals surface area (Å²) in [5.74, 6) is 1.81. The van der Waals surface area contributed by atoms with E-state index >= 15 is 0 Å². The van der Waals surface area contributed by atoms with Gasteiger partial charge in [-0.2, -0.15) is 0 Å². The molecule has 0 saturated heterocycles. The number of rotatable bonds is 8. The summed E-state index contributed by atoms with van der Waals surface area (Å²) in [6.07, 6.45) is 16.1. The molecule has 4 nitrogen and oxygen atoms in total. The van der Waals surface area contributed by atoms with E-state index in [9.17, 15) is 15.0 Å². The number of esters is 1. The molecule has 0 aromatic heterocycles. The van der Waals surface area contributed by atoms with Gasteiger partial charge in [-0.25, -0.2) is 0 Å². The summed E-state index contributed by atoms with van der Waals surface area (Å²) in [4.78, 5) is 11.3. The SMILES string of the molecule is COC(=O)CCCC(C)C1=CC2C[C@@H](O)[C@H](/C=C/C(O)C3CCCCC3)C2C1. The van der Waals surface area contributed by atoms with Crippen LogP contribution in [0.2, 0.25) is 0 Å². The van der Waals surface area contributed by atoms with Crippen molar-refractivity contribution in [3.63, 3.8) is 0 Å². The molecule has 0 bridgehead atoms. The molecule has 0 aromatic rings. The van der Waals surface area contributed by atoms with Gasteiger partial charge in [0, 0.05) is 12.3 Å². The van der Waals surface area contributed by atoms with Crippen molar-refractivity contribution >= 4 is 5.97 Å². The zero-order valence-corrected chi connectivity index (χ0v) is 17.6. The largest absolute Gasteiger partial charge is 0.469 e. The van der Waals surface area contributed by atoms with Gasteiger partial charge in [-0.1, -0.05) is 50.0 Å². The van der Waals surface area contributed by atoms with E-state index in [4.69, 9.17) is 4.74 Å². The zero-order chi connectivity index (χ0) is 20.1. The molecule has 0 heterocycles. The van der Waals surface area contributed by atoms with Gasteiger partial charge in [0.25, 0.3) is 0 Å². The minimum absolute atomic E-state index is 0.130. The number of aliphatic hydroxyl groups excluding tert-OH is 2. The van der Waals surface area contributed by atoms with Crippen LogP contribution < -0.4 is 0 Å². The summed E-state index contributed by atoms with van der Waals surface area (Å²) >= 11 is 0. The molecule has 6 atom stereocenters. The monoisotopic (exact) mass is 390 g/mol. The number of carbonyl (C=O) groups excluding carboxylic acids is 1. The van der Waals surface area contributed by atoms with Crippen molar-refractivity contribution in [3.8, 4) is 0 Å². The average Bonchev–Trinajstić information content (AvgIpc) is 3.23. The second kappa shape index (κ2) is 10.1. The standard InChI is InChI=1S/C24H38O4/c1-16(7-6-10-24(27)28-2)18-13-19-15-23(26)20(21(19)14-18)11-12-22(25)17-8-4-3-5-9-17/h11-13,16-17,19-23,25-26H,3-10,14-15H2,1-2H3/b12-11+/t16?,19?,20-,21?,22?,23-/m1/s1. The molecule has 3 rings (SSSR count). The molecular formula is C24H38O4. The average molecular weight is 391 g/mol. The maximum Gasteiger partial charge on any atom is 0.305 e. The Morgan fingerprint density at radius 1 is 1.32 bits per heavy atom. The molecule has 2 fully saturated rings. The summed E-state index contributed by atoms with van der Waals surface area (Å²) in [6, 6.07) is 0. The first kappa shape index (κ1) is 21.6. The summed E-state index contributed by atoms with van der Waals surface area (Å²) < 4.78 is 4.72. The summed E-state index contributed by atoms with van der Waals surface area (Å²) in [7, 11) is 1.44. The van der Waals surface area contributed by atoms with E-state index in [-0.39, 0.29) is 24.1 Å². The van der Waals surface area contributed by atoms with Gasteiger partial charge in [0.2, 0.25) is 0 Å². The van der Waals surface area contributed by atoms with Crippen LogP contribution in [-0.2, 0) is 9.53 Å². The van der Waals surface area contributed by atoms with Crippen LogP contribution in [0.25, 0.3) is 0 Å². The first-order chi connectivity index (χ1) is 13.5. The number of allylic oxidation sites excluding steroid dienone is 2. The number of methoxy groups -OCH3 is 1. The Morgan fingerprint density at radius 3 is 2.79 bits per heavy atom. The van der Waals surface area contributed by atoms with Crippen molar-refractivity contribution in [3.05, 3.63) is 23.8 Å². The molecule has 2 saturated carbocycles. The minimum Gasteiger partial charge on any atom is -0.469 e. The highest BCUT2D eigenvalue weighted by molar-refractivity contribution is 5.68. The maximum absolute atomic E-state index is 11.3. The molecule has 4 unspecified atom stereocenters. The minimum atomic E-state index is -0.363. The Labute approximate surface area is 170 Å². The van der Waals surface area contributed by atoms with Gasteiger partial charge in [0.15, 0.2) is 0 Å². The molecule has 0 amide bonds. The molecule has 0 spiro atoms. The van der Waals surface area contributed by atoms with Gasteiger partial charge in [0.05, 0.1) is 19.3 Å². The van der Waals surface area contributed by atoms with E-state index in [2.05, 4.69) is 19.1 Å². The Hall–Kier alpha value is -1.13. The predicted molar refractivity (Wildman–Crippen MR) is 111 cm³/mol. The Kier molecular flexibility index (Phi) is 7.76. The fraction of sp³-hybridized carbons (Fsp3) is 0.792. The fourth-order valence-electron chi connectivity index (χ4n) is 5.63. The van der Waals surface area contributed by atoms with Crippen LogP contribution in [0.3, 0.4) is 0 Å². The summed E-state index contributed by atoms with van der Waals surface area (Å²) in [5.41, 5.74) is 1.48. The Balaban J connectivity index is 1.51. The normalized spacial score (nSPS) is 32.9. The lowest BCUT2D eigenvalue weighted by molar-refractivity contribution is -0.140. The Morgan fingerprint density at radius 2 is 2.07 bits per heavy atom. The summed E-state index contributed by atoms with van der Waals surface area (Å²) in [6.45, 7) is 2.25. The molecule has 28 heavy (non-hydrogen) atoms. The van der Waals surface area contributed by atoms with Crippen molar-refractivity contribution < 1.29 is 19.7 Å². The molecular weight excluding hydrogens is 352 g/mol. The highest BCUT2D eigenvalue weighted by Crippen LogP contribution is 2.49. The van der Waals surface area contributed by atoms with Gasteiger partial charge >= 0.3 is 5.97 Å². The number of hydrogen-bond acceptors (Lipinski definition) is 4. The topological polar surface area (TPSA) is 66.8 Å². The van der Waals surface area contributed by atoms with Crippen LogP contribution in [0.4, 0.5) is 0 Å². The molecule has 4 heteroatoms. The maximum atomic E-state index is 11.3. The van der Waals surface area contributed by atoms with E-state index < -0.39 is 0 Å². The number of fused-ring (bicyclic) bond motifs is 1. The second-order valence-corrected chi connectivity index (χ2v) is 9.30. The lowest BCUT2D eigenvalue weighted by Crippen LogP contribution is -2.22. The number of aliphatic hydroxyl groups is 2. The highest BCUT2D eigenvalue weighted by atomic mass is 16.5. The van der Waals surface area contributed by atoms with Crippen LogP contribution in [0.1, 0.15) is 71.1 Å². The quantitative estimate of drug-likeness (QED) is 0.476. The molecule has 0 aliphatic heterocycles. The molecule has 158 valence electrons. The van der Waals surface area contributed by atoms with Crippen LogP contribution in [0.15, 0.2) is 23.8 Å². The highest BCUT2D eigenvalue weighted by Gasteiger charge is 2.44. The van der Waals surface area contributed by atoms with E-state index in [0.717, 1.165) is 38.5 Å². The molecule has 3 aliphatic rings. The lowest BCUT2D eigenvalue weighted by atomic mass is 9.83. The lowest BCUT2D eigenvalue weighted by Gasteiger charge is -2.25. The van der Waals surface area contributed by atoms with Gasteiger partial charge in [-0.05, 0) is 62.2 Å². The van der Waals surface area contributed by atoms with Gasteiger partial charge in [-0.15, -0.1) is 0 Å². The van der Waals surface area contributed by atoms with Crippen LogP contribution in [0, 0.1) is 29.6 Å².